The fourth-order valence-corrected chi connectivity index (χ4v) is 0.655. The lowest BCUT2D eigenvalue weighted by atomic mass is 10.2. The summed E-state index contributed by atoms with van der Waals surface area (Å²) in [5.74, 6) is 0.330. The number of hydrogen-bond acceptors (Lipinski definition) is 2. The number of ketones is 1. The zero-order valence-corrected chi connectivity index (χ0v) is 6.65. The Morgan fingerprint density at radius 1 is 1.50 bits per heavy atom. The SMILES string of the molecule is [CH2]CCNCCC(=O)CC. The van der Waals surface area contributed by atoms with Crippen LogP contribution in [0.4, 0.5) is 0 Å². The van der Waals surface area contributed by atoms with Gasteiger partial charge in [-0.25, -0.2) is 0 Å². The van der Waals surface area contributed by atoms with Crippen molar-refractivity contribution in [3.05, 3.63) is 6.92 Å². The molecule has 0 aromatic rings. The molecule has 0 aliphatic heterocycles. The van der Waals surface area contributed by atoms with Crippen LogP contribution in [0.2, 0.25) is 0 Å². The van der Waals surface area contributed by atoms with Gasteiger partial charge in [-0.1, -0.05) is 13.8 Å². The van der Waals surface area contributed by atoms with Gasteiger partial charge in [0.05, 0.1) is 0 Å². The summed E-state index contributed by atoms with van der Waals surface area (Å²) in [5.41, 5.74) is 0. The molecule has 0 fully saturated rings. The standard InChI is InChI=1S/C8H16NO/c1-3-6-9-7-5-8(10)4-2/h9H,1,3-7H2,2H3. The molecule has 0 unspecified atom stereocenters. The Morgan fingerprint density at radius 3 is 2.70 bits per heavy atom. The molecule has 2 heteroatoms. The van der Waals surface area contributed by atoms with Crippen LogP contribution < -0.4 is 5.32 Å². The summed E-state index contributed by atoms with van der Waals surface area (Å²) in [6, 6.07) is 0. The number of carbonyl (C=O) groups is 1. The van der Waals surface area contributed by atoms with Crippen LogP contribution in [0.25, 0.3) is 0 Å². The molecule has 0 aliphatic carbocycles. The molecule has 0 aliphatic rings. The van der Waals surface area contributed by atoms with Gasteiger partial charge in [-0.05, 0) is 13.0 Å². The summed E-state index contributed by atoms with van der Waals surface area (Å²) < 4.78 is 0. The van der Waals surface area contributed by atoms with E-state index in [2.05, 4.69) is 12.2 Å². The summed E-state index contributed by atoms with van der Waals surface area (Å²) in [6.45, 7) is 7.29. The normalized spacial score (nSPS) is 9.80. The summed E-state index contributed by atoms with van der Waals surface area (Å²) >= 11 is 0. The van der Waals surface area contributed by atoms with Gasteiger partial charge in [0.1, 0.15) is 5.78 Å². The lowest BCUT2D eigenvalue weighted by Crippen LogP contribution is -2.18. The average Bonchev–Trinajstić information content (AvgIpc) is 1.98. The zero-order valence-electron chi connectivity index (χ0n) is 6.65. The van der Waals surface area contributed by atoms with Crippen molar-refractivity contribution < 1.29 is 4.79 Å². The minimum absolute atomic E-state index is 0.330. The van der Waals surface area contributed by atoms with Crippen LogP contribution >= 0.6 is 0 Å². The van der Waals surface area contributed by atoms with E-state index in [0.29, 0.717) is 18.6 Å². The quantitative estimate of drug-likeness (QED) is 0.564. The Morgan fingerprint density at radius 2 is 2.20 bits per heavy atom. The molecule has 1 N–H and O–H groups in total. The molecule has 0 saturated carbocycles. The van der Waals surface area contributed by atoms with E-state index >= 15 is 0 Å². The monoisotopic (exact) mass is 142 g/mol. The lowest BCUT2D eigenvalue weighted by Gasteiger charge is -1.99. The highest BCUT2D eigenvalue weighted by molar-refractivity contribution is 5.78. The van der Waals surface area contributed by atoms with E-state index < -0.39 is 0 Å². The molecule has 0 atom stereocenters. The van der Waals surface area contributed by atoms with Crippen LogP contribution in [-0.2, 0) is 4.79 Å². The number of carbonyl (C=O) groups excluding carboxylic acids is 1. The van der Waals surface area contributed by atoms with Gasteiger partial charge in [-0.3, -0.25) is 4.79 Å². The minimum Gasteiger partial charge on any atom is -0.316 e. The highest BCUT2D eigenvalue weighted by Crippen LogP contribution is 1.85. The molecule has 0 amide bonds. The Labute approximate surface area is 63.0 Å². The highest BCUT2D eigenvalue weighted by atomic mass is 16.1. The number of Topliss-reactive ketones (excluding diaryl/α,β-unsaturated/α-hetero) is 1. The van der Waals surface area contributed by atoms with Crippen LogP contribution in [0.1, 0.15) is 26.2 Å². The van der Waals surface area contributed by atoms with Gasteiger partial charge in [-0.2, -0.15) is 0 Å². The second-order valence-corrected chi connectivity index (χ2v) is 2.25. The fraction of sp³-hybridized carbons (Fsp3) is 0.750. The predicted octanol–water partition coefficient (Wildman–Crippen LogP) is 1.17. The van der Waals surface area contributed by atoms with Crippen molar-refractivity contribution in [1.82, 2.24) is 5.32 Å². The van der Waals surface area contributed by atoms with E-state index in [4.69, 9.17) is 0 Å². The van der Waals surface area contributed by atoms with Crippen molar-refractivity contribution in [3.63, 3.8) is 0 Å². The molecule has 0 bridgehead atoms. The second-order valence-electron chi connectivity index (χ2n) is 2.25. The highest BCUT2D eigenvalue weighted by Gasteiger charge is 1.95. The lowest BCUT2D eigenvalue weighted by molar-refractivity contribution is -0.118. The maximum absolute atomic E-state index is 10.7. The predicted molar refractivity (Wildman–Crippen MR) is 42.8 cm³/mol. The Balaban J connectivity index is 2.96. The molecule has 1 radical (unpaired) electrons. The number of hydrogen-bond donors (Lipinski definition) is 1. The summed E-state index contributed by atoms with van der Waals surface area (Å²) in [6.07, 6.45) is 2.21. The van der Waals surface area contributed by atoms with E-state index in [9.17, 15) is 4.79 Å². The van der Waals surface area contributed by atoms with E-state index in [1.807, 2.05) is 6.92 Å². The molecule has 10 heavy (non-hydrogen) atoms. The molecule has 0 spiro atoms. The summed E-state index contributed by atoms with van der Waals surface area (Å²) in [7, 11) is 0. The van der Waals surface area contributed by atoms with Crippen molar-refractivity contribution in [2.45, 2.75) is 26.2 Å². The van der Waals surface area contributed by atoms with E-state index in [1.165, 1.54) is 0 Å². The van der Waals surface area contributed by atoms with Crippen LogP contribution in [0.15, 0.2) is 0 Å². The van der Waals surface area contributed by atoms with Crippen molar-refractivity contribution in [3.8, 4) is 0 Å². The zero-order chi connectivity index (χ0) is 7.82. The topological polar surface area (TPSA) is 29.1 Å². The van der Waals surface area contributed by atoms with Crippen LogP contribution in [-0.4, -0.2) is 18.9 Å². The Bertz CT molecular complexity index is 91.3. The van der Waals surface area contributed by atoms with E-state index in [0.717, 1.165) is 19.5 Å². The molecule has 0 aromatic heterocycles. The van der Waals surface area contributed by atoms with Gasteiger partial charge in [-0.15, -0.1) is 0 Å². The van der Waals surface area contributed by atoms with Crippen LogP contribution in [0, 0.1) is 6.92 Å². The van der Waals surface area contributed by atoms with Crippen molar-refractivity contribution in [2.24, 2.45) is 0 Å². The van der Waals surface area contributed by atoms with E-state index in [-0.39, 0.29) is 0 Å². The summed E-state index contributed by atoms with van der Waals surface area (Å²) in [4.78, 5) is 10.7. The smallest absolute Gasteiger partial charge is 0.133 e. The first kappa shape index (κ1) is 9.63. The van der Waals surface area contributed by atoms with Crippen molar-refractivity contribution >= 4 is 5.78 Å². The summed E-state index contributed by atoms with van der Waals surface area (Å²) in [5, 5.41) is 3.12. The van der Waals surface area contributed by atoms with Crippen LogP contribution in [0.3, 0.4) is 0 Å². The van der Waals surface area contributed by atoms with Gasteiger partial charge >= 0.3 is 0 Å². The molecule has 0 heterocycles. The first-order valence-corrected chi connectivity index (χ1v) is 3.83. The average molecular weight is 142 g/mol. The largest absolute Gasteiger partial charge is 0.316 e. The maximum Gasteiger partial charge on any atom is 0.133 e. The van der Waals surface area contributed by atoms with Gasteiger partial charge in [0.25, 0.3) is 0 Å². The third kappa shape index (κ3) is 5.76. The van der Waals surface area contributed by atoms with Crippen LogP contribution in [0.5, 0.6) is 0 Å². The van der Waals surface area contributed by atoms with Crippen molar-refractivity contribution in [2.75, 3.05) is 13.1 Å². The molecule has 0 rings (SSSR count). The molecular formula is C8H16NO. The molecular weight excluding hydrogens is 126 g/mol. The van der Waals surface area contributed by atoms with E-state index in [1.54, 1.807) is 0 Å². The maximum atomic E-state index is 10.7. The number of nitrogens with one attached hydrogen (secondary N) is 1. The number of rotatable bonds is 6. The first-order valence-electron chi connectivity index (χ1n) is 3.83. The fourth-order valence-electron chi connectivity index (χ4n) is 0.655. The molecule has 59 valence electrons. The first-order chi connectivity index (χ1) is 4.81. The third-order valence-electron chi connectivity index (χ3n) is 1.33. The minimum atomic E-state index is 0.330. The molecule has 0 aromatic carbocycles. The van der Waals surface area contributed by atoms with Crippen molar-refractivity contribution in [1.29, 1.82) is 0 Å². The third-order valence-corrected chi connectivity index (χ3v) is 1.33. The van der Waals surface area contributed by atoms with Gasteiger partial charge in [0.15, 0.2) is 0 Å². The van der Waals surface area contributed by atoms with Gasteiger partial charge in [0, 0.05) is 19.4 Å². The van der Waals surface area contributed by atoms with Gasteiger partial charge in [0.2, 0.25) is 0 Å². The second kappa shape index (κ2) is 6.75. The van der Waals surface area contributed by atoms with Gasteiger partial charge < -0.3 is 5.32 Å². The Kier molecular flexibility index (Phi) is 6.50. The Hall–Kier alpha value is -0.370. The molecule has 0 saturated heterocycles. The molecule has 2 nitrogen and oxygen atoms in total.